The Hall–Kier alpha value is -5.03. The van der Waals surface area contributed by atoms with Crippen LogP contribution in [0.15, 0.2) is 77.5 Å². The number of carbonyl (C=O) groups excluding carboxylic acids is 1. The summed E-state index contributed by atoms with van der Waals surface area (Å²) in [5.41, 5.74) is 1.48. The average molecular weight is 629 g/mol. The predicted octanol–water partition coefficient (Wildman–Crippen LogP) is 7.40. The zero-order valence-electron chi connectivity index (χ0n) is 25.4. The van der Waals surface area contributed by atoms with E-state index < -0.39 is 11.7 Å². The van der Waals surface area contributed by atoms with Gasteiger partial charge in [0.05, 0.1) is 25.4 Å². The number of hydrogen-bond acceptors (Lipinski definition) is 8. The van der Waals surface area contributed by atoms with Crippen molar-refractivity contribution >= 4 is 22.5 Å². The van der Waals surface area contributed by atoms with Gasteiger partial charge in [0, 0.05) is 41.5 Å². The van der Waals surface area contributed by atoms with Crippen LogP contribution in [0, 0.1) is 11.6 Å². The number of hydrogen-bond donors (Lipinski definition) is 1. The predicted molar refractivity (Wildman–Crippen MR) is 169 cm³/mol. The van der Waals surface area contributed by atoms with E-state index in [9.17, 15) is 9.18 Å². The molecule has 2 aromatic heterocycles. The number of amides is 1. The first-order chi connectivity index (χ1) is 22.4. The van der Waals surface area contributed by atoms with Crippen LogP contribution in [0.1, 0.15) is 31.6 Å². The topological polar surface area (TPSA) is 99.0 Å². The minimum absolute atomic E-state index is 0.0286. The third kappa shape index (κ3) is 7.60. The molecule has 1 N–H and O–H groups in total. The van der Waals surface area contributed by atoms with E-state index in [-0.39, 0.29) is 29.6 Å². The minimum atomic E-state index is -0.668. The molecule has 6 rings (SSSR count). The summed E-state index contributed by atoms with van der Waals surface area (Å²) < 4.78 is 51.6. The summed E-state index contributed by atoms with van der Waals surface area (Å²) >= 11 is 0. The Morgan fingerprint density at radius 1 is 0.935 bits per heavy atom. The number of aromatic nitrogens is 2. The van der Waals surface area contributed by atoms with E-state index in [1.807, 2.05) is 0 Å². The normalized spacial score (nSPS) is 13.5. The van der Waals surface area contributed by atoms with Gasteiger partial charge in [0.2, 0.25) is 11.8 Å². The van der Waals surface area contributed by atoms with Crippen LogP contribution in [0.5, 0.6) is 23.0 Å². The van der Waals surface area contributed by atoms with Gasteiger partial charge in [-0.2, -0.15) is 0 Å². The quantitative estimate of drug-likeness (QED) is 0.143. The van der Waals surface area contributed by atoms with Gasteiger partial charge in [-0.05, 0) is 80.9 Å². The number of fused-ring (bicyclic) bond motifs is 1. The molecule has 0 saturated carbocycles. The highest BCUT2D eigenvalue weighted by atomic mass is 19.1. The summed E-state index contributed by atoms with van der Waals surface area (Å²) in [6, 6.07) is 15.1. The lowest BCUT2D eigenvalue weighted by Crippen LogP contribution is -2.31. The fraction of sp³-hybridized carbons (Fsp3) is 0.286. The summed E-state index contributed by atoms with van der Waals surface area (Å²) in [6.45, 7) is 3.85. The molecule has 0 bridgehead atoms. The van der Waals surface area contributed by atoms with Crippen molar-refractivity contribution in [2.75, 3.05) is 38.7 Å². The number of piperidine rings is 1. The summed E-state index contributed by atoms with van der Waals surface area (Å²) in [7, 11) is 1.57. The maximum Gasteiger partial charge on any atom is 0.233 e. The molecule has 9 nitrogen and oxygen atoms in total. The van der Waals surface area contributed by atoms with Gasteiger partial charge in [-0.1, -0.05) is 6.42 Å². The maximum absolute atomic E-state index is 15.2. The monoisotopic (exact) mass is 628 g/mol. The van der Waals surface area contributed by atoms with E-state index in [0.717, 1.165) is 26.1 Å². The number of rotatable bonds is 12. The molecule has 0 aliphatic carbocycles. The third-order valence-corrected chi connectivity index (χ3v) is 7.74. The van der Waals surface area contributed by atoms with E-state index in [2.05, 4.69) is 20.2 Å². The molecule has 1 amide bonds. The molecule has 0 spiro atoms. The molecule has 3 aromatic carbocycles. The number of pyridine rings is 1. The van der Waals surface area contributed by atoms with Crippen molar-refractivity contribution in [3.8, 4) is 34.3 Å². The SMILES string of the molecule is COc1cc2c(Oc3ccc(NC(=O)Cc4ncc(-c5ccc(F)cc5)o4)cc3F)ccnc2cc1OCCCN1CCCCC1. The van der Waals surface area contributed by atoms with E-state index in [0.29, 0.717) is 46.1 Å². The van der Waals surface area contributed by atoms with Crippen molar-refractivity contribution < 1.29 is 32.2 Å². The molecule has 1 fully saturated rings. The number of methoxy groups -OCH3 is 1. The zero-order chi connectivity index (χ0) is 31.9. The second kappa shape index (κ2) is 14.4. The molecule has 3 heterocycles. The van der Waals surface area contributed by atoms with Gasteiger partial charge >= 0.3 is 0 Å². The Morgan fingerprint density at radius 2 is 1.76 bits per heavy atom. The lowest BCUT2D eigenvalue weighted by atomic mass is 10.1. The van der Waals surface area contributed by atoms with Crippen LogP contribution < -0.4 is 19.5 Å². The Bertz CT molecular complexity index is 1810. The van der Waals surface area contributed by atoms with Gasteiger partial charge in [-0.25, -0.2) is 13.8 Å². The highest BCUT2D eigenvalue weighted by molar-refractivity contribution is 5.92. The Labute approximate surface area is 265 Å². The first-order valence-electron chi connectivity index (χ1n) is 15.2. The van der Waals surface area contributed by atoms with Crippen LogP contribution >= 0.6 is 0 Å². The van der Waals surface area contributed by atoms with E-state index in [1.165, 1.54) is 55.8 Å². The smallest absolute Gasteiger partial charge is 0.233 e. The van der Waals surface area contributed by atoms with Gasteiger partial charge in [0.15, 0.2) is 28.8 Å². The van der Waals surface area contributed by atoms with Gasteiger partial charge in [0.25, 0.3) is 0 Å². The summed E-state index contributed by atoms with van der Waals surface area (Å²) in [5.74, 6) is 0.561. The number of benzene rings is 3. The molecule has 0 atom stereocenters. The largest absolute Gasteiger partial charge is 0.493 e. The maximum atomic E-state index is 15.2. The van der Waals surface area contributed by atoms with Crippen LogP contribution in [-0.4, -0.2) is 54.1 Å². The molecule has 1 aliphatic heterocycles. The number of ether oxygens (including phenoxy) is 3. The summed E-state index contributed by atoms with van der Waals surface area (Å²) in [6.07, 6.45) is 7.61. The van der Waals surface area contributed by atoms with Crippen LogP contribution in [0.2, 0.25) is 0 Å². The summed E-state index contributed by atoms with van der Waals surface area (Å²) in [4.78, 5) is 23.6. The van der Waals surface area contributed by atoms with Crippen LogP contribution in [0.3, 0.4) is 0 Å². The van der Waals surface area contributed by atoms with Crippen molar-refractivity contribution in [2.24, 2.45) is 0 Å². The van der Waals surface area contributed by atoms with Crippen LogP contribution in [-0.2, 0) is 11.2 Å². The molecule has 238 valence electrons. The molecular formula is C35H34F2N4O5. The molecule has 11 heteroatoms. The van der Waals surface area contributed by atoms with Crippen molar-refractivity contribution in [1.29, 1.82) is 0 Å². The molecule has 5 aromatic rings. The molecule has 46 heavy (non-hydrogen) atoms. The second-order valence-corrected chi connectivity index (χ2v) is 11.0. The lowest BCUT2D eigenvalue weighted by Gasteiger charge is -2.26. The Balaban J connectivity index is 1.08. The van der Waals surface area contributed by atoms with Gasteiger partial charge in [0.1, 0.15) is 18.0 Å². The zero-order valence-corrected chi connectivity index (χ0v) is 25.4. The standard InChI is InChI=1S/C35H34F2N4O5/c1-43-31-19-26-28(20-32(31)44-17-5-16-41-14-3-2-4-15-41)38-13-12-29(26)45-30-11-10-25(18-27(30)37)40-34(42)21-35-39-22-33(46-35)23-6-8-24(36)9-7-23/h6-13,18-20,22H,2-5,14-17,21H2,1H3,(H,40,42). The highest BCUT2D eigenvalue weighted by Crippen LogP contribution is 2.38. The number of oxazole rings is 1. The van der Waals surface area contributed by atoms with Gasteiger partial charge < -0.3 is 28.8 Å². The fourth-order valence-corrected chi connectivity index (χ4v) is 5.40. The van der Waals surface area contributed by atoms with E-state index >= 15 is 4.39 Å². The number of halogens is 2. The number of nitrogens with one attached hydrogen (secondary N) is 1. The number of nitrogens with zero attached hydrogens (tertiary/aromatic N) is 3. The minimum Gasteiger partial charge on any atom is -0.493 e. The second-order valence-electron chi connectivity index (χ2n) is 11.0. The number of likely N-dealkylation sites (tertiary alicyclic amines) is 1. The molecule has 1 saturated heterocycles. The molecular weight excluding hydrogens is 594 g/mol. The Kier molecular flexibility index (Phi) is 9.68. The number of anilines is 1. The molecule has 1 aliphatic rings. The lowest BCUT2D eigenvalue weighted by molar-refractivity contribution is -0.115. The first kappa shape index (κ1) is 31.0. The molecule has 0 unspecified atom stereocenters. The van der Waals surface area contributed by atoms with E-state index in [1.54, 1.807) is 43.6 Å². The number of carbonyl (C=O) groups is 1. The Morgan fingerprint density at radius 3 is 2.54 bits per heavy atom. The van der Waals surface area contributed by atoms with Crippen molar-refractivity contribution in [3.63, 3.8) is 0 Å². The van der Waals surface area contributed by atoms with Crippen LogP contribution in [0.4, 0.5) is 14.5 Å². The van der Waals surface area contributed by atoms with Gasteiger partial charge in [-0.3, -0.25) is 9.78 Å². The highest BCUT2D eigenvalue weighted by Gasteiger charge is 2.16. The fourth-order valence-electron chi connectivity index (χ4n) is 5.40. The van der Waals surface area contributed by atoms with Crippen molar-refractivity contribution in [1.82, 2.24) is 14.9 Å². The van der Waals surface area contributed by atoms with Crippen LogP contribution in [0.25, 0.3) is 22.2 Å². The summed E-state index contributed by atoms with van der Waals surface area (Å²) in [5, 5.41) is 3.27. The van der Waals surface area contributed by atoms with Crippen molar-refractivity contribution in [3.05, 3.63) is 90.6 Å². The first-order valence-corrected chi connectivity index (χ1v) is 15.2. The van der Waals surface area contributed by atoms with Crippen molar-refractivity contribution in [2.45, 2.75) is 32.1 Å². The molecule has 0 radical (unpaired) electrons. The van der Waals surface area contributed by atoms with E-state index in [4.69, 9.17) is 18.6 Å². The van der Waals surface area contributed by atoms with Gasteiger partial charge in [-0.15, -0.1) is 0 Å². The average Bonchev–Trinajstić information content (AvgIpc) is 3.53. The third-order valence-electron chi connectivity index (χ3n) is 7.74.